The van der Waals surface area contributed by atoms with Gasteiger partial charge in [0, 0.05) is 6.26 Å². The minimum absolute atomic E-state index is 0.253. The fourth-order valence-electron chi connectivity index (χ4n) is 1.86. The number of rotatable bonds is 2. The van der Waals surface area contributed by atoms with Crippen molar-refractivity contribution in [3.8, 4) is 10.7 Å². The van der Waals surface area contributed by atoms with Gasteiger partial charge in [-0.2, -0.15) is 0 Å². The van der Waals surface area contributed by atoms with E-state index in [9.17, 15) is 8.42 Å². The largest absolute Gasteiger partial charge is 0.337 e. The van der Waals surface area contributed by atoms with E-state index in [2.05, 4.69) is 25.9 Å². The van der Waals surface area contributed by atoms with E-state index in [1.807, 2.05) is 18.2 Å². The van der Waals surface area contributed by atoms with Crippen LogP contribution < -0.4 is 0 Å². The van der Waals surface area contributed by atoms with Crippen LogP contribution in [-0.2, 0) is 9.84 Å². The molecule has 0 unspecified atom stereocenters. The molecule has 2 aromatic heterocycles. The number of aromatic amines is 1. The third-order valence-corrected chi connectivity index (χ3v) is 5.44. The maximum atomic E-state index is 11.7. The van der Waals surface area contributed by atoms with Crippen LogP contribution in [0.15, 0.2) is 39.0 Å². The summed E-state index contributed by atoms with van der Waals surface area (Å²) < 4.78 is 24.5. The Morgan fingerprint density at radius 3 is 2.68 bits per heavy atom. The van der Waals surface area contributed by atoms with Crippen LogP contribution in [-0.4, -0.2) is 24.6 Å². The van der Waals surface area contributed by atoms with Gasteiger partial charge in [-0.15, -0.1) is 11.3 Å². The lowest BCUT2D eigenvalue weighted by molar-refractivity contribution is 0.602. The van der Waals surface area contributed by atoms with Crippen LogP contribution in [0.4, 0.5) is 0 Å². The molecule has 0 saturated heterocycles. The molecule has 0 bridgehead atoms. The van der Waals surface area contributed by atoms with Gasteiger partial charge in [0.2, 0.25) is 0 Å². The number of hydrogen-bond acceptors (Lipinski definition) is 4. The second-order valence-corrected chi connectivity index (χ2v) is 8.56. The molecular formula is C12H9BrN2O2S2. The average Bonchev–Trinajstić information content (AvgIpc) is 2.92. The molecule has 19 heavy (non-hydrogen) atoms. The van der Waals surface area contributed by atoms with Gasteiger partial charge in [0.1, 0.15) is 11.3 Å². The summed E-state index contributed by atoms with van der Waals surface area (Å²) in [5.74, 6) is 0.682. The molecule has 3 aromatic rings. The van der Waals surface area contributed by atoms with Crippen molar-refractivity contribution in [1.29, 1.82) is 0 Å². The van der Waals surface area contributed by atoms with E-state index < -0.39 is 9.84 Å². The highest BCUT2D eigenvalue weighted by molar-refractivity contribution is 9.11. The van der Waals surface area contributed by atoms with Crippen molar-refractivity contribution in [2.24, 2.45) is 0 Å². The number of nitrogens with one attached hydrogen (secondary N) is 1. The molecule has 0 aliphatic rings. The molecule has 0 saturated carbocycles. The SMILES string of the molecule is CS(=O)(=O)c1cccc2[nH]c(-c3ccc(Br)s3)nc12. The molecule has 0 radical (unpaired) electrons. The standard InChI is InChI=1S/C12H9BrN2O2S2/c1-19(16,17)9-4-2-3-7-11(9)15-12(14-7)8-5-6-10(13)18-8/h2-6H,1H3,(H,14,15). The van der Waals surface area contributed by atoms with Gasteiger partial charge >= 0.3 is 0 Å². The molecule has 0 atom stereocenters. The first-order chi connectivity index (χ1) is 8.95. The lowest BCUT2D eigenvalue weighted by atomic mass is 10.3. The number of sulfone groups is 1. The maximum absolute atomic E-state index is 11.7. The lowest BCUT2D eigenvalue weighted by Gasteiger charge is -1.97. The zero-order valence-corrected chi connectivity index (χ0v) is 13.1. The molecule has 0 spiro atoms. The fourth-order valence-corrected chi connectivity index (χ4v) is 4.03. The number of H-pyrrole nitrogens is 1. The highest BCUT2D eigenvalue weighted by atomic mass is 79.9. The minimum atomic E-state index is -3.28. The first kappa shape index (κ1) is 12.8. The topological polar surface area (TPSA) is 62.8 Å². The lowest BCUT2D eigenvalue weighted by Crippen LogP contribution is -1.97. The number of benzene rings is 1. The molecule has 4 nitrogen and oxygen atoms in total. The molecule has 0 amide bonds. The van der Waals surface area contributed by atoms with Crippen molar-refractivity contribution in [2.45, 2.75) is 4.90 Å². The summed E-state index contributed by atoms with van der Waals surface area (Å²) in [7, 11) is -3.28. The van der Waals surface area contributed by atoms with Crippen LogP contribution in [0, 0.1) is 0 Å². The quantitative estimate of drug-likeness (QED) is 0.764. The summed E-state index contributed by atoms with van der Waals surface area (Å²) in [5.41, 5.74) is 1.21. The van der Waals surface area contributed by atoms with Crippen LogP contribution in [0.1, 0.15) is 0 Å². The number of nitrogens with zero attached hydrogens (tertiary/aromatic N) is 1. The second kappa shape index (κ2) is 4.43. The zero-order chi connectivity index (χ0) is 13.6. The predicted molar refractivity (Wildman–Crippen MR) is 80.2 cm³/mol. The van der Waals surface area contributed by atoms with Gasteiger partial charge in [0.25, 0.3) is 0 Å². The van der Waals surface area contributed by atoms with E-state index in [0.29, 0.717) is 11.3 Å². The van der Waals surface area contributed by atoms with E-state index in [4.69, 9.17) is 0 Å². The third-order valence-electron chi connectivity index (χ3n) is 2.68. The summed E-state index contributed by atoms with van der Waals surface area (Å²) in [6.45, 7) is 0. The molecule has 0 aliphatic heterocycles. The monoisotopic (exact) mass is 356 g/mol. The van der Waals surface area contributed by atoms with E-state index in [-0.39, 0.29) is 4.90 Å². The van der Waals surface area contributed by atoms with Gasteiger partial charge in [0.15, 0.2) is 9.84 Å². The molecule has 3 rings (SSSR count). The fraction of sp³-hybridized carbons (Fsp3) is 0.0833. The van der Waals surface area contributed by atoms with Crippen LogP contribution >= 0.6 is 27.3 Å². The Morgan fingerprint density at radius 1 is 1.26 bits per heavy atom. The Balaban J connectivity index is 2.27. The molecule has 1 N–H and O–H groups in total. The van der Waals surface area contributed by atoms with Gasteiger partial charge in [0.05, 0.1) is 19.1 Å². The maximum Gasteiger partial charge on any atom is 0.177 e. The highest BCUT2D eigenvalue weighted by Gasteiger charge is 2.16. The first-order valence-electron chi connectivity index (χ1n) is 5.39. The number of fused-ring (bicyclic) bond motifs is 1. The van der Waals surface area contributed by atoms with Crippen molar-refractivity contribution < 1.29 is 8.42 Å². The van der Waals surface area contributed by atoms with Gasteiger partial charge in [-0.05, 0) is 40.2 Å². The van der Waals surface area contributed by atoms with Crippen LogP contribution in [0.3, 0.4) is 0 Å². The Hall–Kier alpha value is -1.18. The molecule has 0 fully saturated rings. The van der Waals surface area contributed by atoms with Crippen molar-refractivity contribution in [3.05, 3.63) is 34.1 Å². The normalized spacial score (nSPS) is 12.1. The molecular weight excluding hydrogens is 348 g/mol. The smallest absolute Gasteiger partial charge is 0.177 e. The van der Waals surface area contributed by atoms with E-state index >= 15 is 0 Å². The summed E-state index contributed by atoms with van der Waals surface area (Å²) >= 11 is 4.94. The molecule has 98 valence electrons. The Morgan fingerprint density at radius 2 is 2.05 bits per heavy atom. The van der Waals surface area contributed by atoms with Crippen molar-refractivity contribution in [3.63, 3.8) is 0 Å². The highest BCUT2D eigenvalue weighted by Crippen LogP contribution is 2.31. The number of aromatic nitrogens is 2. The van der Waals surface area contributed by atoms with Gasteiger partial charge in [-0.25, -0.2) is 13.4 Å². The Bertz CT molecular complexity index is 865. The number of halogens is 1. The number of thiophene rings is 1. The van der Waals surface area contributed by atoms with E-state index in [0.717, 1.165) is 14.2 Å². The molecule has 2 heterocycles. The number of para-hydroxylation sites is 1. The van der Waals surface area contributed by atoms with Crippen LogP contribution in [0.5, 0.6) is 0 Å². The van der Waals surface area contributed by atoms with Crippen LogP contribution in [0.25, 0.3) is 21.7 Å². The molecule has 0 aliphatic carbocycles. The zero-order valence-electron chi connectivity index (χ0n) is 9.84. The van der Waals surface area contributed by atoms with Crippen LogP contribution in [0.2, 0.25) is 0 Å². The van der Waals surface area contributed by atoms with E-state index in [1.54, 1.807) is 23.5 Å². The third kappa shape index (κ3) is 2.33. The van der Waals surface area contributed by atoms with Crippen molar-refractivity contribution in [2.75, 3.05) is 6.26 Å². The first-order valence-corrected chi connectivity index (χ1v) is 8.90. The van der Waals surface area contributed by atoms with Crippen molar-refractivity contribution >= 4 is 48.1 Å². The van der Waals surface area contributed by atoms with Crippen molar-refractivity contribution in [1.82, 2.24) is 9.97 Å². The van der Waals surface area contributed by atoms with Gasteiger partial charge in [-0.3, -0.25) is 0 Å². The second-order valence-electron chi connectivity index (χ2n) is 4.11. The Kier molecular flexibility index (Phi) is 2.99. The average molecular weight is 357 g/mol. The number of hydrogen-bond donors (Lipinski definition) is 1. The summed E-state index contributed by atoms with van der Waals surface area (Å²) in [4.78, 5) is 8.78. The van der Waals surface area contributed by atoms with Gasteiger partial charge in [-0.1, -0.05) is 6.07 Å². The summed E-state index contributed by atoms with van der Waals surface area (Å²) in [6, 6.07) is 8.98. The van der Waals surface area contributed by atoms with Gasteiger partial charge < -0.3 is 4.98 Å². The molecule has 1 aromatic carbocycles. The Labute approximate surface area is 122 Å². The van der Waals surface area contributed by atoms with E-state index in [1.165, 1.54) is 6.26 Å². The minimum Gasteiger partial charge on any atom is -0.337 e. The predicted octanol–water partition coefficient (Wildman–Crippen LogP) is 3.46. The summed E-state index contributed by atoms with van der Waals surface area (Å²) in [6.07, 6.45) is 1.19. The number of imidazole rings is 1. The molecule has 7 heteroatoms. The summed E-state index contributed by atoms with van der Waals surface area (Å²) in [5, 5.41) is 0.